The highest BCUT2D eigenvalue weighted by Gasteiger charge is 2.20. The second-order valence-electron chi connectivity index (χ2n) is 3.70. The average molecular weight is 230 g/mol. The van der Waals surface area contributed by atoms with Gasteiger partial charge in [0.15, 0.2) is 6.29 Å². The number of pyridine rings is 1. The summed E-state index contributed by atoms with van der Waals surface area (Å²) < 4.78 is 2.20. The first-order valence-electron chi connectivity index (χ1n) is 5.06. The zero-order valence-corrected chi connectivity index (χ0v) is 9.41. The number of aldehydes is 1. The number of hydrogen-bond acceptors (Lipinski definition) is 3. The van der Waals surface area contributed by atoms with Crippen molar-refractivity contribution in [2.75, 3.05) is 0 Å². The van der Waals surface area contributed by atoms with Gasteiger partial charge in [-0.25, -0.2) is 0 Å². The van der Waals surface area contributed by atoms with E-state index < -0.39 is 0 Å². The molecular weight excluding hydrogens is 220 g/mol. The molecule has 2 aromatic heterocycles. The molecule has 0 aliphatic carbocycles. The maximum atomic E-state index is 11.0. The van der Waals surface area contributed by atoms with Gasteiger partial charge in [-0.05, 0) is 18.2 Å². The van der Waals surface area contributed by atoms with Crippen LogP contribution in [0.25, 0.3) is 11.3 Å². The van der Waals surface area contributed by atoms with Crippen LogP contribution >= 0.6 is 11.8 Å². The van der Waals surface area contributed by atoms with Crippen LogP contribution in [0, 0.1) is 0 Å². The van der Waals surface area contributed by atoms with E-state index in [0.717, 1.165) is 40.4 Å². The molecule has 3 nitrogen and oxygen atoms in total. The molecule has 0 saturated carbocycles. The topological polar surface area (TPSA) is 34.9 Å². The van der Waals surface area contributed by atoms with Crippen LogP contribution in [-0.4, -0.2) is 15.8 Å². The van der Waals surface area contributed by atoms with Crippen molar-refractivity contribution in [3.05, 3.63) is 41.9 Å². The van der Waals surface area contributed by atoms with E-state index in [1.165, 1.54) is 0 Å². The summed E-state index contributed by atoms with van der Waals surface area (Å²) in [4.78, 5) is 15.1. The third-order valence-electron chi connectivity index (χ3n) is 2.79. The van der Waals surface area contributed by atoms with Crippen LogP contribution in [0.1, 0.15) is 16.1 Å². The molecule has 0 saturated heterocycles. The van der Waals surface area contributed by atoms with Crippen molar-refractivity contribution in [1.29, 1.82) is 0 Å². The van der Waals surface area contributed by atoms with Crippen molar-refractivity contribution in [2.24, 2.45) is 0 Å². The third kappa shape index (κ3) is 1.38. The van der Waals surface area contributed by atoms with E-state index in [1.807, 2.05) is 36.2 Å². The monoisotopic (exact) mass is 230 g/mol. The van der Waals surface area contributed by atoms with Crippen LogP contribution in [0.15, 0.2) is 30.6 Å². The Morgan fingerprint density at radius 3 is 3.19 bits per heavy atom. The van der Waals surface area contributed by atoms with E-state index in [1.54, 1.807) is 6.20 Å². The Morgan fingerprint density at radius 1 is 1.50 bits per heavy atom. The first-order chi connectivity index (χ1) is 7.90. The molecule has 1 aliphatic rings. The first-order valence-corrected chi connectivity index (χ1v) is 6.21. The molecule has 0 bridgehead atoms. The first kappa shape index (κ1) is 9.66. The van der Waals surface area contributed by atoms with E-state index in [2.05, 4.69) is 9.55 Å². The van der Waals surface area contributed by atoms with Gasteiger partial charge in [0.2, 0.25) is 0 Å². The summed E-state index contributed by atoms with van der Waals surface area (Å²) in [6, 6.07) is 5.89. The summed E-state index contributed by atoms with van der Waals surface area (Å²) in [5.74, 6) is 1.85. The lowest BCUT2D eigenvalue weighted by Crippen LogP contribution is -1.95. The molecule has 3 heterocycles. The van der Waals surface area contributed by atoms with E-state index >= 15 is 0 Å². The lowest BCUT2D eigenvalue weighted by molar-refractivity contribution is 0.112. The standard InChI is InChI=1S/C12H10N2OS/c15-6-10-4-11(9-2-1-3-13-5-9)14-8-16-7-12(10)14/h1-6H,7-8H2. The number of aromatic nitrogens is 2. The van der Waals surface area contributed by atoms with E-state index in [4.69, 9.17) is 0 Å². The van der Waals surface area contributed by atoms with E-state index in [9.17, 15) is 4.79 Å². The molecule has 16 heavy (non-hydrogen) atoms. The highest BCUT2D eigenvalue weighted by molar-refractivity contribution is 7.97. The number of fused-ring (bicyclic) bond motifs is 1. The normalized spacial score (nSPS) is 13.8. The van der Waals surface area contributed by atoms with E-state index in [-0.39, 0.29) is 0 Å². The molecule has 0 atom stereocenters. The van der Waals surface area contributed by atoms with Gasteiger partial charge in [0, 0.05) is 35.0 Å². The SMILES string of the molecule is O=Cc1cc(-c2cccnc2)n2c1CSC2. The van der Waals surface area contributed by atoms with Crippen molar-refractivity contribution in [2.45, 2.75) is 11.6 Å². The predicted molar refractivity (Wildman–Crippen MR) is 64.3 cm³/mol. The fourth-order valence-electron chi connectivity index (χ4n) is 2.01. The Hall–Kier alpha value is -1.55. The van der Waals surface area contributed by atoms with Crippen LogP contribution in [0.3, 0.4) is 0 Å². The van der Waals surface area contributed by atoms with Gasteiger partial charge >= 0.3 is 0 Å². The summed E-state index contributed by atoms with van der Waals surface area (Å²) in [7, 11) is 0. The molecule has 0 aromatic carbocycles. The van der Waals surface area contributed by atoms with Gasteiger partial charge in [0.05, 0.1) is 11.6 Å². The Morgan fingerprint density at radius 2 is 2.44 bits per heavy atom. The second-order valence-corrected chi connectivity index (χ2v) is 4.65. The molecule has 0 unspecified atom stereocenters. The maximum Gasteiger partial charge on any atom is 0.151 e. The number of hydrogen-bond donors (Lipinski definition) is 0. The minimum absolute atomic E-state index is 0.809. The third-order valence-corrected chi connectivity index (χ3v) is 3.70. The smallest absolute Gasteiger partial charge is 0.151 e. The Labute approximate surface area is 97.5 Å². The molecule has 0 spiro atoms. The quantitative estimate of drug-likeness (QED) is 0.744. The maximum absolute atomic E-state index is 11.0. The average Bonchev–Trinajstić information content (AvgIpc) is 2.91. The highest BCUT2D eigenvalue weighted by Crippen LogP contribution is 2.34. The van der Waals surface area contributed by atoms with Crippen LogP contribution < -0.4 is 0 Å². The fraction of sp³-hybridized carbons (Fsp3) is 0.167. The minimum Gasteiger partial charge on any atom is -0.333 e. The lowest BCUT2D eigenvalue weighted by Gasteiger charge is -2.04. The van der Waals surface area contributed by atoms with Crippen molar-refractivity contribution >= 4 is 18.0 Å². The van der Waals surface area contributed by atoms with Gasteiger partial charge in [-0.3, -0.25) is 9.78 Å². The summed E-state index contributed by atoms with van der Waals surface area (Å²) in [5.41, 5.74) is 4.11. The van der Waals surface area contributed by atoms with Crippen molar-refractivity contribution in [3.63, 3.8) is 0 Å². The number of rotatable bonds is 2. The molecule has 0 radical (unpaired) electrons. The zero-order chi connectivity index (χ0) is 11.0. The minimum atomic E-state index is 0.809. The van der Waals surface area contributed by atoms with Gasteiger partial charge in [-0.1, -0.05) is 0 Å². The van der Waals surface area contributed by atoms with Crippen LogP contribution in [0.5, 0.6) is 0 Å². The highest BCUT2D eigenvalue weighted by atomic mass is 32.2. The van der Waals surface area contributed by atoms with Gasteiger partial charge in [-0.2, -0.15) is 0 Å². The predicted octanol–water partition coefficient (Wildman–Crippen LogP) is 2.57. The molecule has 1 aliphatic heterocycles. The number of thioether (sulfide) groups is 1. The molecule has 3 rings (SSSR count). The van der Waals surface area contributed by atoms with Crippen molar-refractivity contribution < 1.29 is 4.79 Å². The Balaban J connectivity index is 2.19. The van der Waals surface area contributed by atoms with Crippen molar-refractivity contribution in [1.82, 2.24) is 9.55 Å². The Bertz CT molecular complexity index is 533. The van der Waals surface area contributed by atoms with Crippen molar-refractivity contribution in [3.8, 4) is 11.3 Å². The van der Waals surface area contributed by atoms with E-state index in [0.29, 0.717) is 0 Å². The van der Waals surface area contributed by atoms with Gasteiger partial charge in [0.25, 0.3) is 0 Å². The summed E-state index contributed by atoms with van der Waals surface area (Å²) >= 11 is 1.83. The number of carbonyl (C=O) groups is 1. The molecule has 4 heteroatoms. The molecule has 80 valence electrons. The second kappa shape index (κ2) is 3.79. The molecule has 0 N–H and O–H groups in total. The summed E-state index contributed by atoms with van der Waals surface area (Å²) in [5, 5.41) is 0. The number of carbonyl (C=O) groups excluding carboxylic acids is 1. The van der Waals surface area contributed by atoms with Gasteiger partial charge < -0.3 is 4.57 Å². The van der Waals surface area contributed by atoms with Gasteiger partial charge in [-0.15, -0.1) is 11.8 Å². The number of nitrogens with zero attached hydrogens (tertiary/aromatic N) is 2. The Kier molecular flexibility index (Phi) is 2.29. The van der Waals surface area contributed by atoms with Gasteiger partial charge in [0.1, 0.15) is 0 Å². The molecule has 0 fully saturated rings. The molecule has 2 aromatic rings. The summed E-state index contributed by atoms with van der Waals surface area (Å²) in [6.45, 7) is 0. The van der Waals surface area contributed by atoms with Crippen LogP contribution in [0.2, 0.25) is 0 Å². The lowest BCUT2D eigenvalue weighted by atomic mass is 10.2. The largest absolute Gasteiger partial charge is 0.333 e. The summed E-state index contributed by atoms with van der Waals surface area (Å²) in [6.07, 6.45) is 4.53. The zero-order valence-electron chi connectivity index (χ0n) is 8.59. The van der Waals surface area contributed by atoms with Crippen LogP contribution in [-0.2, 0) is 11.6 Å². The molecular formula is C12H10N2OS. The van der Waals surface area contributed by atoms with Crippen LogP contribution in [0.4, 0.5) is 0 Å². The fourth-order valence-corrected chi connectivity index (χ4v) is 3.09. The molecule has 0 amide bonds.